The molecule has 1 aromatic carbocycles. The van der Waals surface area contributed by atoms with Crippen LogP contribution in [0.1, 0.15) is 55.3 Å². The number of hydrogen-bond donors (Lipinski definition) is 1. The molecule has 1 aromatic heterocycles. The summed E-state index contributed by atoms with van der Waals surface area (Å²) >= 11 is 0. The average molecular weight is 331 g/mol. The molecule has 0 bridgehead atoms. The minimum absolute atomic E-state index is 0.175. The van der Waals surface area contributed by atoms with E-state index in [0.29, 0.717) is 18.1 Å². The van der Waals surface area contributed by atoms with E-state index in [-0.39, 0.29) is 11.9 Å². The van der Waals surface area contributed by atoms with Crippen molar-refractivity contribution in [2.75, 3.05) is 13.7 Å². The molecule has 1 amide bonds. The first-order valence-electron chi connectivity index (χ1n) is 8.30. The molecule has 0 aliphatic carbocycles. The Labute approximate surface area is 143 Å². The Morgan fingerprint density at radius 1 is 1.25 bits per heavy atom. The Morgan fingerprint density at radius 2 is 2.08 bits per heavy atom. The average Bonchev–Trinajstić information content (AvgIpc) is 3.13. The van der Waals surface area contributed by atoms with Crippen LogP contribution in [0.25, 0.3) is 0 Å². The normalized spacial score (nSPS) is 11.8. The van der Waals surface area contributed by atoms with Crippen LogP contribution in [0, 0.1) is 0 Å². The number of carbonyl (C=O) groups excluding carboxylic acids is 1. The Morgan fingerprint density at radius 3 is 2.75 bits per heavy atom. The highest BCUT2D eigenvalue weighted by Crippen LogP contribution is 2.30. The van der Waals surface area contributed by atoms with E-state index >= 15 is 0 Å². The van der Waals surface area contributed by atoms with Gasteiger partial charge >= 0.3 is 0 Å². The summed E-state index contributed by atoms with van der Waals surface area (Å²) in [6.45, 7) is 4.75. The number of amides is 1. The second-order valence-electron chi connectivity index (χ2n) is 5.64. The van der Waals surface area contributed by atoms with Gasteiger partial charge < -0.3 is 19.2 Å². The van der Waals surface area contributed by atoms with Crippen molar-refractivity contribution in [2.24, 2.45) is 0 Å². The van der Waals surface area contributed by atoms with Crippen LogP contribution in [0.2, 0.25) is 0 Å². The molecule has 0 saturated carbocycles. The molecule has 2 rings (SSSR count). The number of furan rings is 1. The lowest BCUT2D eigenvalue weighted by molar-refractivity contribution is 0.0912. The number of unbranched alkanes of at least 4 members (excludes halogenated alkanes) is 2. The van der Waals surface area contributed by atoms with Crippen molar-refractivity contribution < 1.29 is 18.7 Å². The number of ether oxygens (including phenoxy) is 2. The van der Waals surface area contributed by atoms with Crippen LogP contribution in [-0.2, 0) is 0 Å². The lowest BCUT2D eigenvalue weighted by Gasteiger charge is -2.16. The van der Waals surface area contributed by atoms with Gasteiger partial charge in [0, 0.05) is 0 Å². The van der Waals surface area contributed by atoms with Crippen LogP contribution in [-0.4, -0.2) is 19.6 Å². The first-order valence-corrected chi connectivity index (χ1v) is 8.30. The third kappa shape index (κ3) is 4.78. The molecule has 0 aliphatic heterocycles. The molecular formula is C19H25NO4. The maximum absolute atomic E-state index is 12.1. The van der Waals surface area contributed by atoms with Gasteiger partial charge in [-0.15, -0.1) is 0 Å². The Bertz CT molecular complexity index is 637. The van der Waals surface area contributed by atoms with Crippen molar-refractivity contribution >= 4 is 5.91 Å². The molecule has 1 atom stereocenters. The standard InChI is InChI=1S/C19H25NO4/c1-4-5-6-11-23-16-10-9-15(13-18(16)22-3)14(2)20-19(21)17-8-7-12-24-17/h7-10,12-14H,4-6,11H2,1-3H3,(H,20,21)/t14-/m1/s1. The van der Waals surface area contributed by atoms with E-state index < -0.39 is 0 Å². The van der Waals surface area contributed by atoms with E-state index in [1.807, 2.05) is 25.1 Å². The summed E-state index contributed by atoms with van der Waals surface area (Å²) in [7, 11) is 1.62. The maximum atomic E-state index is 12.1. The second-order valence-corrected chi connectivity index (χ2v) is 5.64. The number of methoxy groups -OCH3 is 1. The van der Waals surface area contributed by atoms with Gasteiger partial charge in [-0.1, -0.05) is 25.8 Å². The van der Waals surface area contributed by atoms with Gasteiger partial charge in [-0.25, -0.2) is 0 Å². The molecule has 0 radical (unpaired) electrons. The molecule has 130 valence electrons. The lowest BCUT2D eigenvalue weighted by Crippen LogP contribution is -2.26. The predicted octanol–water partition coefficient (Wildman–Crippen LogP) is 4.35. The van der Waals surface area contributed by atoms with Crippen LogP contribution in [0.4, 0.5) is 0 Å². The first kappa shape index (κ1) is 17.9. The Balaban J connectivity index is 2.00. The summed E-state index contributed by atoms with van der Waals surface area (Å²) in [5.74, 6) is 1.45. The van der Waals surface area contributed by atoms with E-state index in [9.17, 15) is 4.79 Å². The summed E-state index contributed by atoms with van der Waals surface area (Å²) in [4.78, 5) is 12.1. The highest BCUT2D eigenvalue weighted by molar-refractivity contribution is 5.91. The molecule has 2 aromatic rings. The number of rotatable bonds is 9. The van der Waals surface area contributed by atoms with Crippen LogP contribution in [0.15, 0.2) is 41.0 Å². The summed E-state index contributed by atoms with van der Waals surface area (Å²) in [5, 5.41) is 2.90. The van der Waals surface area contributed by atoms with Crippen LogP contribution in [0.5, 0.6) is 11.5 Å². The fourth-order valence-electron chi connectivity index (χ4n) is 2.37. The quantitative estimate of drug-likeness (QED) is 0.694. The van der Waals surface area contributed by atoms with Crippen molar-refractivity contribution in [3.63, 3.8) is 0 Å². The molecule has 0 unspecified atom stereocenters. The van der Waals surface area contributed by atoms with Crippen LogP contribution < -0.4 is 14.8 Å². The van der Waals surface area contributed by atoms with E-state index in [4.69, 9.17) is 13.9 Å². The fraction of sp³-hybridized carbons (Fsp3) is 0.421. The third-order valence-corrected chi connectivity index (χ3v) is 3.79. The summed E-state index contributed by atoms with van der Waals surface area (Å²) in [5.41, 5.74) is 0.938. The van der Waals surface area contributed by atoms with Crippen molar-refractivity contribution in [3.05, 3.63) is 47.9 Å². The third-order valence-electron chi connectivity index (χ3n) is 3.79. The number of benzene rings is 1. The molecule has 5 heteroatoms. The number of nitrogens with one attached hydrogen (secondary N) is 1. The number of carbonyl (C=O) groups is 1. The maximum Gasteiger partial charge on any atom is 0.287 e. The fourth-order valence-corrected chi connectivity index (χ4v) is 2.37. The lowest BCUT2D eigenvalue weighted by atomic mass is 10.1. The van der Waals surface area contributed by atoms with Gasteiger partial charge in [-0.05, 0) is 43.2 Å². The molecule has 24 heavy (non-hydrogen) atoms. The summed E-state index contributed by atoms with van der Waals surface area (Å²) < 4.78 is 16.3. The van der Waals surface area contributed by atoms with E-state index in [1.54, 1.807) is 19.2 Å². The first-order chi connectivity index (χ1) is 11.7. The monoisotopic (exact) mass is 331 g/mol. The zero-order valence-electron chi connectivity index (χ0n) is 14.5. The highest BCUT2D eigenvalue weighted by Gasteiger charge is 2.15. The molecule has 1 heterocycles. The zero-order chi connectivity index (χ0) is 17.4. The Hall–Kier alpha value is -2.43. The van der Waals surface area contributed by atoms with Gasteiger partial charge in [0.15, 0.2) is 17.3 Å². The van der Waals surface area contributed by atoms with Crippen LogP contribution in [0.3, 0.4) is 0 Å². The molecular weight excluding hydrogens is 306 g/mol. The Kier molecular flexibility index (Phi) is 6.73. The van der Waals surface area contributed by atoms with Gasteiger partial charge in [0.05, 0.1) is 26.0 Å². The molecule has 0 fully saturated rings. The number of hydrogen-bond acceptors (Lipinski definition) is 4. The van der Waals surface area contributed by atoms with E-state index in [2.05, 4.69) is 12.2 Å². The zero-order valence-corrected chi connectivity index (χ0v) is 14.5. The summed E-state index contributed by atoms with van der Waals surface area (Å²) in [6.07, 6.45) is 4.81. The highest BCUT2D eigenvalue weighted by atomic mass is 16.5. The minimum Gasteiger partial charge on any atom is -0.493 e. The van der Waals surface area contributed by atoms with Gasteiger partial charge in [-0.2, -0.15) is 0 Å². The SMILES string of the molecule is CCCCCOc1ccc([C@@H](C)NC(=O)c2ccco2)cc1OC. The predicted molar refractivity (Wildman–Crippen MR) is 92.6 cm³/mol. The molecule has 0 saturated heterocycles. The van der Waals surface area contributed by atoms with Crippen molar-refractivity contribution in [1.82, 2.24) is 5.32 Å². The topological polar surface area (TPSA) is 60.7 Å². The molecule has 0 spiro atoms. The van der Waals surface area contributed by atoms with Crippen molar-refractivity contribution in [1.29, 1.82) is 0 Å². The van der Waals surface area contributed by atoms with Gasteiger partial charge in [0.25, 0.3) is 5.91 Å². The second kappa shape index (κ2) is 9.01. The summed E-state index contributed by atoms with van der Waals surface area (Å²) in [6, 6.07) is 8.86. The molecule has 0 aliphatic rings. The van der Waals surface area contributed by atoms with Gasteiger partial charge in [0.1, 0.15) is 0 Å². The van der Waals surface area contributed by atoms with E-state index in [0.717, 1.165) is 30.6 Å². The van der Waals surface area contributed by atoms with E-state index in [1.165, 1.54) is 6.26 Å². The minimum atomic E-state index is -0.244. The largest absolute Gasteiger partial charge is 0.493 e. The van der Waals surface area contributed by atoms with Gasteiger partial charge in [-0.3, -0.25) is 4.79 Å². The smallest absolute Gasteiger partial charge is 0.287 e. The van der Waals surface area contributed by atoms with Crippen molar-refractivity contribution in [2.45, 2.75) is 39.2 Å². The van der Waals surface area contributed by atoms with Crippen molar-refractivity contribution in [3.8, 4) is 11.5 Å². The van der Waals surface area contributed by atoms with Crippen LogP contribution >= 0.6 is 0 Å². The molecule has 5 nitrogen and oxygen atoms in total. The van der Waals surface area contributed by atoms with Gasteiger partial charge in [0.2, 0.25) is 0 Å². The molecule has 1 N–H and O–H groups in total.